The number of thiocarbonyl (C=S) groups is 1. The van der Waals surface area contributed by atoms with Crippen LogP contribution in [0, 0.1) is 29.5 Å². The van der Waals surface area contributed by atoms with Crippen molar-refractivity contribution in [3.05, 3.63) is 99.9 Å². The molecule has 2 aliphatic rings. The third-order valence-corrected chi connectivity index (χ3v) is 13.5. The Bertz CT molecular complexity index is 2720. The van der Waals surface area contributed by atoms with Crippen molar-refractivity contribution in [1.82, 2.24) is 25.8 Å². The quantitative estimate of drug-likeness (QED) is 0.0457. The van der Waals surface area contributed by atoms with Crippen LogP contribution in [0.3, 0.4) is 0 Å². The standard InChI is InChI=1S/C50H56F4N8O8S2/c1-29-41(72-28-58-29)31-11-9-30(10-12-31)26-57-44(66)39-24-35(63)27-60(39)45(67)42(48(2,3)4)59-40(64)8-7-18-69-20-21-70-19-17-56-43(65)36-16-15-34(23-38(36)51)62-47(71)61(46(68)49(62,5)6)33-14-13-32(25-55)37(22-33)50(52,53)54/h9-16,22-23,28,35,39,42,63H,7-8,17-21,24,26-27H2,1-6H3,(H,56,65)(H,57,66)(H,59,64)/t35-,39?,42-/m1/s1. The van der Waals surface area contributed by atoms with Crippen molar-refractivity contribution < 1.29 is 56.1 Å². The lowest BCUT2D eigenvalue weighted by molar-refractivity contribution is -0.144. The number of ether oxygens (including phenoxy) is 2. The Hall–Kier alpha value is -6.38. The van der Waals surface area contributed by atoms with Crippen LogP contribution < -0.4 is 25.8 Å². The number of carbonyl (C=O) groups excluding carboxylic acids is 5. The monoisotopic (exact) mass is 1040 g/mol. The van der Waals surface area contributed by atoms with E-state index in [9.17, 15) is 47.5 Å². The predicted octanol–water partition coefficient (Wildman–Crippen LogP) is 6.42. The topological polar surface area (TPSA) is 207 Å². The molecule has 5 amide bonds. The van der Waals surface area contributed by atoms with Crippen molar-refractivity contribution in [2.75, 3.05) is 49.3 Å². The smallest absolute Gasteiger partial charge is 0.391 e. The first-order valence-corrected chi connectivity index (χ1v) is 24.3. The van der Waals surface area contributed by atoms with Crippen molar-refractivity contribution >= 4 is 69.6 Å². The number of anilines is 2. The molecule has 3 atom stereocenters. The van der Waals surface area contributed by atoms with Gasteiger partial charge in [0.1, 0.15) is 23.4 Å². The Kier molecular flexibility index (Phi) is 17.6. The molecular weight excluding hydrogens is 981 g/mol. The van der Waals surface area contributed by atoms with Crippen LogP contribution in [0.2, 0.25) is 0 Å². The number of benzene rings is 3. The van der Waals surface area contributed by atoms with E-state index in [1.54, 1.807) is 37.6 Å². The Balaban J connectivity index is 0.894. The van der Waals surface area contributed by atoms with E-state index >= 15 is 4.39 Å². The number of nitriles is 1. The lowest BCUT2D eigenvalue weighted by Crippen LogP contribution is -2.57. The first-order chi connectivity index (χ1) is 33.9. The van der Waals surface area contributed by atoms with E-state index in [1.807, 2.05) is 31.2 Å². The summed E-state index contributed by atoms with van der Waals surface area (Å²) >= 11 is 7.06. The molecule has 2 fully saturated rings. The van der Waals surface area contributed by atoms with Crippen LogP contribution in [0.15, 0.2) is 66.2 Å². The highest BCUT2D eigenvalue weighted by Crippen LogP contribution is 2.40. The maximum Gasteiger partial charge on any atom is 0.417 e. The maximum absolute atomic E-state index is 15.4. The van der Waals surface area contributed by atoms with Crippen molar-refractivity contribution in [3.63, 3.8) is 0 Å². The summed E-state index contributed by atoms with van der Waals surface area (Å²) in [4.78, 5) is 75.7. The molecule has 0 saturated carbocycles. The van der Waals surface area contributed by atoms with Crippen molar-refractivity contribution in [1.29, 1.82) is 5.26 Å². The number of carbonyl (C=O) groups is 5. The largest absolute Gasteiger partial charge is 0.417 e. The highest BCUT2D eigenvalue weighted by molar-refractivity contribution is 7.81. The Morgan fingerprint density at radius 3 is 2.29 bits per heavy atom. The van der Waals surface area contributed by atoms with Gasteiger partial charge in [0, 0.05) is 44.8 Å². The van der Waals surface area contributed by atoms with Crippen LogP contribution in [-0.4, -0.2) is 113 Å². The highest BCUT2D eigenvalue weighted by atomic mass is 32.1. The van der Waals surface area contributed by atoms with Gasteiger partial charge in [-0.1, -0.05) is 45.0 Å². The fraction of sp³-hybridized carbons (Fsp3) is 0.440. The van der Waals surface area contributed by atoms with Crippen LogP contribution in [0.5, 0.6) is 0 Å². The van der Waals surface area contributed by atoms with Crippen molar-refractivity contribution in [2.45, 2.75) is 97.3 Å². The van der Waals surface area contributed by atoms with Crippen LogP contribution in [0.25, 0.3) is 10.4 Å². The number of aliphatic hydroxyl groups excluding tert-OH is 1. The fourth-order valence-corrected chi connectivity index (χ4v) is 9.62. The summed E-state index contributed by atoms with van der Waals surface area (Å²) in [5.41, 5.74) is 0.0517. The molecule has 0 spiro atoms. The molecule has 0 radical (unpaired) electrons. The summed E-state index contributed by atoms with van der Waals surface area (Å²) in [5, 5.41) is 27.8. The fourth-order valence-electron chi connectivity index (χ4n) is 8.29. The van der Waals surface area contributed by atoms with Gasteiger partial charge in [-0.2, -0.15) is 18.4 Å². The number of β-amino-alcohol motifs (C(OH)–C–C–N with tert-alkyl or cyclic N) is 1. The number of amides is 5. The number of hydrogen-bond acceptors (Lipinski definition) is 12. The molecule has 2 aliphatic heterocycles. The molecule has 0 bridgehead atoms. The molecule has 1 aromatic heterocycles. The zero-order valence-corrected chi connectivity index (χ0v) is 42.2. The van der Waals surface area contributed by atoms with Crippen LogP contribution in [-0.2, 0) is 41.4 Å². The van der Waals surface area contributed by atoms with Gasteiger partial charge in [0.05, 0.1) is 70.5 Å². The van der Waals surface area contributed by atoms with Gasteiger partial charge in [-0.3, -0.25) is 28.9 Å². The van der Waals surface area contributed by atoms with Gasteiger partial charge >= 0.3 is 6.18 Å². The lowest BCUT2D eigenvalue weighted by Gasteiger charge is -2.35. The molecule has 0 aliphatic carbocycles. The van der Waals surface area contributed by atoms with E-state index in [0.717, 1.165) is 38.7 Å². The first-order valence-electron chi connectivity index (χ1n) is 23.0. The molecule has 6 rings (SSSR count). The number of aliphatic hydroxyl groups is 1. The second-order valence-electron chi connectivity index (χ2n) is 18.8. The first kappa shape index (κ1) is 54.9. The molecule has 3 heterocycles. The van der Waals surface area contributed by atoms with Gasteiger partial charge < -0.3 is 40.3 Å². The molecule has 384 valence electrons. The van der Waals surface area contributed by atoms with E-state index in [1.165, 1.54) is 47.9 Å². The third kappa shape index (κ3) is 12.8. The molecule has 2 saturated heterocycles. The summed E-state index contributed by atoms with van der Waals surface area (Å²) in [6, 6.07) is 13.6. The van der Waals surface area contributed by atoms with E-state index in [2.05, 4.69) is 20.9 Å². The minimum atomic E-state index is -4.88. The van der Waals surface area contributed by atoms with E-state index in [4.69, 9.17) is 21.7 Å². The van der Waals surface area contributed by atoms with E-state index in [-0.39, 0.29) is 81.0 Å². The molecular formula is C50H56F4N8O8S2. The number of rotatable bonds is 19. The second-order valence-corrected chi connectivity index (χ2v) is 20.1. The SMILES string of the molecule is Cc1ncsc1-c1ccc(CNC(=O)C2C[C@@H](O)CN2C(=O)[C@@H](NC(=O)CCCOCCOCCNC(=O)c2ccc(N3C(=S)N(c4ccc(C#N)c(C(F)(F)F)c4)C(=O)C3(C)C)cc2F)C(C)(C)C)cc1. The average Bonchev–Trinajstić information content (AvgIpc) is 3.99. The highest BCUT2D eigenvalue weighted by Gasteiger charge is 2.51. The van der Waals surface area contributed by atoms with Gasteiger partial charge in [-0.05, 0) is 92.4 Å². The number of nitrogens with zero attached hydrogens (tertiary/aromatic N) is 5. The molecule has 22 heteroatoms. The van der Waals surface area contributed by atoms with Crippen LogP contribution in [0.1, 0.15) is 86.6 Å². The average molecular weight is 1040 g/mol. The van der Waals surface area contributed by atoms with E-state index < -0.39 is 81.8 Å². The van der Waals surface area contributed by atoms with Crippen molar-refractivity contribution in [3.8, 4) is 16.5 Å². The van der Waals surface area contributed by atoms with Gasteiger partial charge in [0.25, 0.3) is 11.8 Å². The van der Waals surface area contributed by atoms with Crippen LogP contribution in [0.4, 0.5) is 28.9 Å². The number of halogens is 4. The van der Waals surface area contributed by atoms with E-state index in [0.29, 0.717) is 12.5 Å². The lowest BCUT2D eigenvalue weighted by atomic mass is 9.85. The molecule has 4 N–H and O–H groups in total. The number of nitrogens with one attached hydrogen (secondary N) is 3. The van der Waals surface area contributed by atoms with Gasteiger partial charge in [-0.15, -0.1) is 11.3 Å². The van der Waals surface area contributed by atoms with Crippen LogP contribution >= 0.6 is 23.6 Å². The van der Waals surface area contributed by atoms with Gasteiger partial charge in [-0.25, -0.2) is 9.37 Å². The molecule has 4 aromatic rings. The third-order valence-electron chi connectivity index (χ3n) is 12.1. The molecule has 72 heavy (non-hydrogen) atoms. The second kappa shape index (κ2) is 23.0. The van der Waals surface area contributed by atoms with Gasteiger partial charge in [0.2, 0.25) is 17.7 Å². The minimum absolute atomic E-state index is 0.00995. The minimum Gasteiger partial charge on any atom is -0.391 e. The zero-order valence-electron chi connectivity index (χ0n) is 40.5. The maximum atomic E-state index is 15.4. The Morgan fingerprint density at radius 2 is 1.67 bits per heavy atom. The number of aromatic nitrogens is 1. The Labute approximate surface area is 423 Å². The number of thiazole rings is 1. The summed E-state index contributed by atoms with van der Waals surface area (Å²) in [6.07, 6.45) is -5.36. The molecule has 1 unspecified atom stereocenters. The molecule has 3 aromatic carbocycles. The molecule has 16 nitrogen and oxygen atoms in total. The zero-order chi connectivity index (χ0) is 52.7. The van der Waals surface area contributed by atoms with Gasteiger partial charge in [0.15, 0.2) is 5.11 Å². The summed E-state index contributed by atoms with van der Waals surface area (Å²) in [6.45, 7) is 11.0. The summed E-state index contributed by atoms with van der Waals surface area (Å²) in [7, 11) is 0. The number of alkyl halides is 3. The number of hydrogen-bond donors (Lipinski definition) is 4. The summed E-state index contributed by atoms with van der Waals surface area (Å²) < 4.78 is 67.7. The summed E-state index contributed by atoms with van der Waals surface area (Å²) in [5.74, 6) is -3.67. The normalized spacial score (nSPS) is 17.2. The van der Waals surface area contributed by atoms with Crippen molar-refractivity contribution in [2.24, 2.45) is 5.41 Å². The number of aryl methyl sites for hydroxylation is 1. The predicted molar refractivity (Wildman–Crippen MR) is 264 cm³/mol. The number of likely N-dealkylation sites (tertiary alicyclic amines) is 1. The Morgan fingerprint density at radius 1 is 0.986 bits per heavy atom.